The van der Waals surface area contributed by atoms with Gasteiger partial charge in [0.05, 0.1) is 43.5 Å². The number of aliphatic hydroxyl groups is 1. The summed E-state index contributed by atoms with van der Waals surface area (Å²) in [5.74, 6) is 0.505. The Kier molecular flexibility index (Phi) is 6.33. The number of aliphatic hydroxyl groups excluding tert-OH is 1. The second-order valence-electron chi connectivity index (χ2n) is 5.86. The lowest BCUT2D eigenvalue weighted by atomic mass is 10.1. The summed E-state index contributed by atoms with van der Waals surface area (Å²) in [6.45, 7) is -0.0203. The molecule has 7 nitrogen and oxygen atoms in total. The molecule has 1 aliphatic rings. The van der Waals surface area contributed by atoms with Gasteiger partial charge in [0.15, 0.2) is 11.5 Å². The van der Waals surface area contributed by atoms with E-state index in [9.17, 15) is 14.7 Å². The lowest BCUT2D eigenvalue weighted by molar-refractivity contribution is -0.137. The number of aromatic nitrogens is 1. The Morgan fingerprint density at radius 3 is 2.50 bits per heavy atom. The largest absolute Gasteiger partial charge is 0.493 e. The molecule has 0 spiro atoms. The van der Waals surface area contributed by atoms with Crippen LogP contribution in [-0.2, 0) is 16.1 Å². The second kappa shape index (κ2) is 8.90. The van der Waals surface area contributed by atoms with Gasteiger partial charge in [0, 0.05) is 11.9 Å². The molecule has 0 radical (unpaired) electrons. The molecule has 1 aliphatic heterocycles. The third-order valence-electron chi connectivity index (χ3n) is 4.18. The predicted octanol–water partition coefficient (Wildman–Crippen LogP) is 2.10. The van der Waals surface area contributed by atoms with E-state index in [1.54, 1.807) is 42.6 Å². The molecule has 1 aromatic heterocycles. The number of pyridine rings is 1. The van der Waals surface area contributed by atoms with Crippen molar-refractivity contribution in [2.24, 2.45) is 0 Å². The zero-order chi connectivity index (χ0) is 20.1. The van der Waals surface area contributed by atoms with Crippen molar-refractivity contribution in [2.45, 2.75) is 6.54 Å². The van der Waals surface area contributed by atoms with Crippen LogP contribution in [0.1, 0.15) is 11.3 Å². The third-order valence-corrected chi connectivity index (χ3v) is 5.24. The number of imide groups is 1. The standard InChI is InChI=1S/C20H20N2O5S/c1-26-15-7-6-13(11-16(15)27-2)17-18(28-10-9-23)20(25)22(19(17)24)12-14-5-3-4-8-21-14/h3-8,11,23H,9-10,12H2,1-2H3. The van der Waals surface area contributed by atoms with Crippen LogP contribution < -0.4 is 9.47 Å². The fourth-order valence-electron chi connectivity index (χ4n) is 2.88. The number of benzene rings is 1. The summed E-state index contributed by atoms with van der Waals surface area (Å²) in [6, 6.07) is 10.4. The van der Waals surface area contributed by atoms with Crippen molar-refractivity contribution in [3.8, 4) is 11.5 Å². The quantitative estimate of drug-likeness (QED) is 0.679. The van der Waals surface area contributed by atoms with Crippen LogP contribution in [-0.4, -0.2) is 53.4 Å². The highest BCUT2D eigenvalue weighted by Gasteiger charge is 2.39. The molecule has 2 aromatic rings. The Balaban J connectivity index is 2.01. The smallest absolute Gasteiger partial charge is 0.268 e. The molecule has 0 unspecified atom stereocenters. The average Bonchev–Trinajstić information content (AvgIpc) is 2.96. The summed E-state index contributed by atoms with van der Waals surface area (Å²) in [5, 5.41) is 9.19. The molecule has 2 amide bonds. The number of methoxy groups -OCH3 is 2. The molecule has 0 saturated heterocycles. The molecular formula is C20H20N2O5S. The monoisotopic (exact) mass is 400 g/mol. The average molecular weight is 400 g/mol. The molecule has 3 rings (SSSR count). The normalized spacial score (nSPS) is 14.0. The SMILES string of the molecule is COc1ccc(C2=C(SCCO)C(=O)N(Cc3ccccn3)C2=O)cc1OC. The summed E-state index contributed by atoms with van der Waals surface area (Å²) in [7, 11) is 3.03. The van der Waals surface area contributed by atoms with Crippen molar-refractivity contribution in [3.63, 3.8) is 0 Å². The van der Waals surface area contributed by atoms with Gasteiger partial charge in [-0.1, -0.05) is 12.1 Å². The highest BCUT2D eigenvalue weighted by Crippen LogP contribution is 2.39. The number of thioether (sulfide) groups is 1. The zero-order valence-corrected chi connectivity index (χ0v) is 16.4. The molecule has 0 aliphatic carbocycles. The molecule has 0 bridgehead atoms. The number of carbonyl (C=O) groups excluding carboxylic acids is 2. The lowest BCUT2D eigenvalue weighted by Gasteiger charge is -2.15. The Labute approximate surface area is 167 Å². The van der Waals surface area contributed by atoms with Crippen molar-refractivity contribution < 1.29 is 24.2 Å². The topological polar surface area (TPSA) is 89.0 Å². The summed E-state index contributed by atoms with van der Waals surface area (Å²) < 4.78 is 10.6. The van der Waals surface area contributed by atoms with E-state index in [4.69, 9.17) is 9.47 Å². The highest BCUT2D eigenvalue weighted by molar-refractivity contribution is 8.04. The van der Waals surface area contributed by atoms with Gasteiger partial charge in [-0.3, -0.25) is 19.5 Å². The number of amides is 2. The molecule has 0 fully saturated rings. The van der Waals surface area contributed by atoms with E-state index >= 15 is 0 Å². The fourth-order valence-corrected chi connectivity index (χ4v) is 3.76. The van der Waals surface area contributed by atoms with E-state index in [0.717, 1.165) is 11.8 Å². The van der Waals surface area contributed by atoms with Gasteiger partial charge < -0.3 is 14.6 Å². The van der Waals surface area contributed by atoms with Gasteiger partial charge in [-0.05, 0) is 29.8 Å². The predicted molar refractivity (Wildman–Crippen MR) is 106 cm³/mol. The van der Waals surface area contributed by atoms with Crippen LogP contribution in [0.2, 0.25) is 0 Å². The molecule has 2 heterocycles. The van der Waals surface area contributed by atoms with Crippen LogP contribution in [0, 0.1) is 0 Å². The van der Waals surface area contributed by atoms with Crippen LogP contribution in [0.5, 0.6) is 11.5 Å². The minimum Gasteiger partial charge on any atom is -0.493 e. The van der Waals surface area contributed by atoms with Gasteiger partial charge >= 0.3 is 0 Å². The van der Waals surface area contributed by atoms with Gasteiger partial charge in [0.2, 0.25) is 0 Å². The summed E-state index contributed by atoms with van der Waals surface area (Å²) >= 11 is 1.16. The van der Waals surface area contributed by atoms with Crippen LogP contribution in [0.15, 0.2) is 47.5 Å². The first-order chi connectivity index (χ1) is 13.6. The molecule has 1 N–H and O–H groups in total. The molecular weight excluding hydrogens is 380 g/mol. The number of carbonyl (C=O) groups is 2. The third kappa shape index (κ3) is 3.88. The van der Waals surface area contributed by atoms with Gasteiger partial charge in [-0.15, -0.1) is 11.8 Å². The Bertz CT molecular complexity index is 914. The van der Waals surface area contributed by atoms with Crippen molar-refractivity contribution in [1.29, 1.82) is 0 Å². The first-order valence-electron chi connectivity index (χ1n) is 8.57. The maximum absolute atomic E-state index is 13.1. The Morgan fingerprint density at radius 1 is 1.07 bits per heavy atom. The maximum Gasteiger partial charge on any atom is 0.268 e. The Morgan fingerprint density at radius 2 is 1.86 bits per heavy atom. The van der Waals surface area contributed by atoms with E-state index in [0.29, 0.717) is 39.0 Å². The van der Waals surface area contributed by atoms with Crippen molar-refractivity contribution in [1.82, 2.24) is 9.88 Å². The number of nitrogens with zero attached hydrogens (tertiary/aromatic N) is 2. The van der Waals surface area contributed by atoms with Crippen LogP contribution >= 0.6 is 11.8 Å². The zero-order valence-electron chi connectivity index (χ0n) is 15.5. The second-order valence-corrected chi connectivity index (χ2v) is 6.97. The van der Waals surface area contributed by atoms with Gasteiger partial charge in [-0.2, -0.15) is 0 Å². The van der Waals surface area contributed by atoms with Crippen molar-refractivity contribution in [2.75, 3.05) is 26.6 Å². The fraction of sp³-hybridized carbons (Fsp3) is 0.250. The first kappa shape index (κ1) is 19.9. The molecule has 0 atom stereocenters. The summed E-state index contributed by atoms with van der Waals surface area (Å²) in [4.78, 5) is 31.7. The first-order valence-corrected chi connectivity index (χ1v) is 9.55. The molecule has 28 heavy (non-hydrogen) atoms. The van der Waals surface area contributed by atoms with E-state index < -0.39 is 5.91 Å². The molecule has 0 saturated carbocycles. The van der Waals surface area contributed by atoms with Crippen molar-refractivity contribution >= 4 is 29.1 Å². The van der Waals surface area contributed by atoms with E-state index in [-0.39, 0.29) is 19.1 Å². The van der Waals surface area contributed by atoms with Crippen LogP contribution in [0.3, 0.4) is 0 Å². The number of hydrogen-bond donors (Lipinski definition) is 1. The lowest BCUT2D eigenvalue weighted by Crippen LogP contribution is -2.31. The van der Waals surface area contributed by atoms with Gasteiger partial charge in [-0.25, -0.2) is 0 Å². The van der Waals surface area contributed by atoms with Gasteiger partial charge in [0.1, 0.15) is 0 Å². The minimum atomic E-state index is -0.400. The maximum atomic E-state index is 13.1. The molecule has 1 aromatic carbocycles. The minimum absolute atomic E-state index is 0.0818. The van der Waals surface area contributed by atoms with Crippen LogP contribution in [0.25, 0.3) is 5.57 Å². The highest BCUT2D eigenvalue weighted by atomic mass is 32.2. The van der Waals surface area contributed by atoms with Crippen molar-refractivity contribution in [3.05, 3.63) is 58.8 Å². The number of hydrogen-bond acceptors (Lipinski definition) is 7. The van der Waals surface area contributed by atoms with E-state index in [1.165, 1.54) is 19.1 Å². The number of rotatable bonds is 8. The Hall–Kier alpha value is -2.84. The summed E-state index contributed by atoms with van der Waals surface area (Å²) in [6.07, 6.45) is 1.62. The van der Waals surface area contributed by atoms with E-state index in [2.05, 4.69) is 4.98 Å². The van der Waals surface area contributed by atoms with E-state index in [1.807, 2.05) is 0 Å². The molecule has 146 valence electrons. The molecule has 8 heteroatoms. The van der Waals surface area contributed by atoms with Crippen LogP contribution in [0.4, 0.5) is 0 Å². The summed E-state index contributed by atoms with van der Waals surface area (Å²) in [5.41, 5.74) is 1.46. The van der Waals surface area contributed by atoms with Gasteiger partial charge in [0.25, 0.3) is 11.8 Å². The number of ether oxygens (including phenoxy) is 2.